The quantitative estimate of drug-likeness (QED) is 0.840. The Balaban J connectivity index is 2.37. The van der Waals surface area contributed by atoms with Crippen LogP contribution in [0.15, 0.2) is 36.0 Å². The van der Waals surface area contributed by atoms with E-state index in [9.17, 15) is 27.5 Å². The van der Waals surface area contributed by atoms with Gasteiger partial charge in [0.1, 0.15) is 0 Å². The highest BCUT2D eigenvalue weighted by Gasteiger charge is 2.51. The number of halogens is 5. The van der Waals surface area contributed by atoms with E-state index in [1.54, 1.807) is 5.43 Å². The van der Waals surface area contributed by atoms with E-state index in [2.05, 4.69) is 0 Å². The SMILES string of the molecule is O=C(c1cccc(Cl)c1)N1NC(C(F)F)=CC1(O)C(F)F. The van der Waals surface area contributed by atoms with Gasteiger partial charge in [-0.25, -0.2) is 22.6 Å². The molecule has 2 rings (SSSR count). The smallest absolute Gasteiger partial charge is 0.291 e. The highest BCUT2D eigenvalue weighted by molar-refractivity contribution is 6.30. The van der Waals surface area contributed by atoms with E-state index < -0.39 is 30.2 Å². The summed E-state index contributed by atoms with van der Waals surface area (Å²) >= 11 is 5.67. The molecule has 0 fully saturated rings. The van der Waals surface area contributed by atoms with Crippen molar-refractivity contribution in [2.75, 3.05) is 0 Å². The molecule has 2 N–H and O–H groups in total. The van der Waals surface area contributed by atoms with Gasteiger partial charge in [-0.15, -0.1) is 0 Å². The number of carbonyl (C=O) groups is 1. The van der Waals surface area contributed by atoms with E-state index >= 15 is 0 Å². The molecule has 1 aromatic rings. The standard InChI is InChI=1S/C12H9ClF4N2O2/c13-7-3-1-2-6(4-7)10(20)19-12(21,11(16)17)5-8(18-19)9(14)15/h1-5,9,11,18,21H. The van der Waals surface area contributed by atoms with Gasteiger partial charge in [0, 0.05) is 16.7 Å². The first-order valence-corrected chi connectivity index (χ1v) is 6.01. The maximum absolute atomic E-state index is 13.0. The lowest BCUT2D eigenvalue weighted by Crippen LogP contribution is -2.56. The first-order chi connectivity index (χ1) is 9.75. The number of alkyl halides is 4. The van der Waals surface area contributed by atoms with Crippen molar-refractivity contribution in [3.8, 4) is 0 Å². The highest BCUT2D eigenvalue weighted by Crippen LogP contribution is 2.31. The molecule has 4 nitrogen and oxygen atoms in total. The predicted molar refractivity (Wildman–Crippen MR) is 65.8 cm³/mol. The average molecular weight is 325 g/mol. The summed E-state index contributed by atoms with van der Waals surface area (Å²) in [6.07, 6.45) is -6.40. The number of hydrazine groups is 1. The Kier molecular flexibility index (Phi) is 4.11. The molecular formula is C12H9ClF4N2O2. The first-order valence-electron chi connectivity index (χ1n) is 5.64. The molecule has 1 amide bonds. The summed E-state index contributed by atoms with van der Waals surface area (Å²) in [5.41, 5.74) is -2.48. The van der Waals surface area contributed by atoms with Gasteiger partial charge in [0.15, 0.2) is 0 Å². The average Bonchev–Trinajstić information content (AvgIpc) is 2.77. The Morgan fingerprint density at radius 2 is 2.00 bits per heavy atom. The molecule has 0 radical (unpaired) electrons. The van der Waals surface area contributed by atoms with Crippen LogP contribution in [0.3, 0.4) is 0 Å². The zero-order valence-electron chi connectivity index (χ0n) is 10.2. The van der Waals surface area contributed by atoms with Gasteiger partial charge in [0.25, 0.3) is 18.8 Å². The zero-order chi connectivity index (χ0) is 15.8. The summed E-state index contributed by atoms with van der Waals surface area (Å²) in [6.45, 7) is 0. The number of nitrogens with one attached hydrogen (secondary N) is 1. The monoisotopic (exact) mass is 324 g/mol. The Morgan fingerprint density at radius 3 is 2.52 bits per heavy atom. The normalized spacial score (nSPS) is 21.7. The third-order valence-electron chi connectivity index (χ3n) is 2.80. The van der Waals surface area contributed by atoms with Crippen LogP contribution in [0.1, 0.15) is 10.4 Å². The van der Waals surface area contributed by atoms with Gasteiger partial charge in [-0.05, 0) is 18.2 Å². The minimum absolute atomic E-state index is 0.0603. The van der Waals surface area contributed by atoms with Gasteiger partial charge >= 0.3 is 0 Å². The molecule has 1 heterocycles. The molecule has 1 unspecified atom stereocenters. The van der Waals surface area contributed by atoms with Crippen LogP contribution in [0, 0.1) is 0 Å². The molecule has 0 saturated heterocycles. The van der Waals surface area contributed by atoms with Gasteiger partial charge in [-0.3, -0.25) is 10.2 Å². The third kappa shape index (κ3) is 2.81. The van der Waals surface area contributed by atoms with Crippen molar-refractivity contribution in [3.05, 3.63) is 46.6 Å². The number of rotatable bonds is 3. The van der Waals surface area contributed by atoms with Crippen LogP contribution < -0.4 is 5.43 Å². The summed E-state index contributed by atoms with van der Waals surface area (Å²) in [7, 11) is 0. The van der Waals surface area contributed by atoms with Crippen molar-refractivity contribution in [1.29, 1.82) is 0 Å². The lowest BCUT2D eigenvalue weighted by atomic mass is 10.1. The van der Waals surface area contributed by atoms with Gasteiger partial charge in [0.05, 0.1) is 5.70 Å². The first kappa shape index (κ1) is 15.6. The maximum Gasteiger partial charge on any atom is 0.291 e. The van der Waals surface area contributed by atoms with Gasteiger partial charge in [-0.1, -0.05) is 17.7 Å². The molecule has 0 saturated carbocycles. The fourth-order valence-electron chi connectivity index (χ4n) is 1.78. The Hall–Kier alpha value is -1.80. The maximum atomic E-state index is 13.0. The lowest BCUT2D eigenvalue weighted by Gasteiger charge is -2.31. The Labute approximate surface area is 121 Å². The second kappa shape index (κ2) is 5.53. The molecule has 1 aromatic carbocycles. The fourth-order valence-corrected chi connectivity index (χ4v) is 1.97. The summed E-state index contributed by atoms with van der Waals surface area (Å²) in [6, 6.07) is 5.24. The van der Waals surface area contributed by atoms with Gasteiger partial charge < -0.3 is 5.11 Å². The topological polar surface area (TPSA) is 52.6 Å². The van der Waals surface area contributed by atoms with E-state index in [0.717, 1.165) is 6.07 Å². The number of hydrogen-bond donors (Lipinski definition) is 2. The van der Waals surface area contributed by atoms with E-state index in [0.29, 0.717) is 0 Å². The van der Waals surface area contributed by atoms with E-state index in [1.807, 2.05) is 0 Å². The highest BCUT2D eigenvalue weighted by atomic mass is 35.5. The number of nitrogens with zero attached hydrogens (tertiary/aromatic N) is 1. The molecule has 21 heavy (non-hydrogen) atoms. The van der Waals surface area contributed by atoms with Crippen LogP contribution in [0.25, 0.3) is 0 Å². The second-order valence-electron chi connectivity index (χ2n) is 4.25. The van der Waals surface area contributed by atoms with Gasteiger partial charge in [-0.2, -0.15) is 0 Å². The van der Waals surface area contributed by atoms with Gasteiger partial charge in [0.2, 0.25) is 5.72 Å². The van der Waals surface area contributed by atoms with Crippen molar-refractivity contribution < 1.29 is 27.5 Å². The Bertz CT molecular complexity index is 596. The van der Waals surface area contributed by atoms with Crippen LogP contribution >= 0.6 is 11.6 Å². The largest absolute Gasteiger partial charge is 0.361 e. The second-order valence-corrected chi connectivity index (χ2v) is 4.68. The molecule has 0 aromatic heterocycles. The summed E-state index contributed by atoms with van der Waals surface area (Å²) < 4.78 is 51.1. The molecule has 1 aliphatic heterocycles. The number of aliphatic hydroxyl groups is 1. The minimum Gasteiger partial charge on any atom is -0.361 e. The third-order valence-corrected chi connectivity index (χ3v) is 3.03. The van der Waals surface area contributed by atoms with Crippen molar-refractivity contribution >= 4 is 17.5 Å². The molecule has 1 atom stereocenters. The molecule has 0 bridgehead atoms. The van der Waals surface area contributed by atoms with Crippen molar-refractivity contribution in [2.45, 2.75) is 18.6 Å². The Morgan fingerprint density at radius 1 is 1.33 bits per heavy atom. The van der Waals surface area contributed by atoms with E-state index in [-0.39, 0.29) is 21.7 Å². The lowest BCUT2D eigenvalue weighted by molar-refractivity contribution is -0.146. The molecule has 0 spiro atoms. The fraction of sp³-hybridized carbons (Fsp3) is 0.250. The van der Waals surface area contributed by atoms with Crippen LogP contribution in [0.2, 0.25) is 5.02 Å². The van der Waals surface area contributed by atoms with E-state index in [1.165, 1.54) is 18.2 Å². The van der Waals surface area contributed by atoms with Crippen LogP contribution in [-0.4, -0.2) is 34.6 Å². The van der Waals surface area contributed by atoms with Crippen LogP contribution in [0.5, 0.6) is 0 Å². The minimum atomic E-state index is -3.48. The predicted octanol–water partition coefficient (Wildman–Crippen LogP) is 2.40. The molecule has 9 heteroatoms. The molecule has 114 valence electrons. The number of hydrogen-bond acceptors (Lipinski definition) is 3. The number of allylic oxidation sites excluding steroid dienone is 1. The number of benzene rings is 1. The van der Waals surface area contributed by atoms with E-state index in [4.69, 9.17) is 11.6 Å². The molecule has 0 aliphatic carbocycles. The summed E-state index contributed by atoms with van der Waals surface area (Å²) in [4.78, 5) is 12.1. The molecular weight excluding hydrogens is 316 g/mol. The number of carbonyl (C=O) groups excluding carboxylic acids is 1. The zero-order valence-corrected chi connectivity index (χ0v) is 11.0. The molecule has 1 aliphatic rings. The number of amides is 1. The summed E-state index contributed by atoms with van der Waals surface area (Å²) in [5, 5.41) is 10.0. The summed E-state index contributed by atoms with van der Waals surface area (Å²) in [5.74, 6) is -1.12. The van der Waals surface area contributed by atoms with Crippen molar-refractivity contribution in [3.63, 3.8) is 0 Å². The van der Waals surface area contributed by atoms with Crippen molar-refractivity contribution in [2.24, 2.45) is 0 Å². The van der Waals surface area contributed by atoms with Crippen LogP contribution in [0.4, 0.5) is 17.6 Å². The van der Waals surface area contributed by atoms with Crippen LogP contribution in [-0.2, 0) is 0 Å². The van der Waals surface area contributed by atoms with Crippen molar-refractivity contribution in [1.82, 2.24) is 10.4 Å².